The van der Waals surface area contributed by atoms with E-state index in [2.05, 4.69) is 27.7 Å². The van der Waals surface area contributed by atoms with Crippen molar-refractivity contribution in [3.8, 4) is 0 Å². The topological polar surface area (TPSA) is 55.6 Å². The molecule has 2 heterocycles. The van der Waals surface area contributed by atoms with Crippen LogP contribution in [0.1, 0.15) is 53.4 Å². The van der Waals surface area contributed by atoms with Crippen molar-refractivity contribution in [3.05, 3.63) is 0 Å². The van der Waals surface area contributed by atoms with Crippen LogP contribution in [0.25, 0.3) is 0 Å². The standard InChI is InChI=1S/C17H30N2O2/c1-11-7-8-19(12(2)10-11)15(20)17(18)13-6-5-9-21-14(13)16(17,3)4/h11-14H,5-10,18H2,1-4H3. The molecule has 4 heteroatoms. The number of amides is 1. The molecule has 3 fully saturated rings. The van der Waals surface area contributed by atoms with Gasteiger partial charge in [-0.25, -0.2) is 0 Å². The van der Waals surface area contributed by atoms with Gasteiger partial charge in [-0.1, -0.05) is 20.8 Å². The monoisotopic (exact) mass is 294 g/mol. The van der Waals surface area contributed by atoms with E-state index in [4.69, 9.17) is 10.5 Å². The van der Waals surface area contributed by atoms with Gasteiger partial charge in [0.25, 0.3) is 0 Å². The summed E-state index contributed by atoms with van der Waals surface area (Å²) in [5, 5.41) is 0. The molecular weight excluding hydrogens is 264 g/mol. The molecule has 1 amide bonds. The zero-order chi connectivity index (χ0) is 15.4. The molecule has 1 aliphatic carbocycles. The van der Waals surface area contributed by atoms with Gasteiger partial charge < -0.3 is 15.4 Å². The maximum Gasteiger partial charge on any atom is 0.243 e. The minimum absolute atomic E-state index is 0.152. The van der Waals surface area contributed by atoms with E-state index < -0.39 is 5.54 Å². The summed E-state index contributed by atoms with van der Waals surface area (Å²) in [4.78, 5) is 15.3. The Balaban J connectivity index is 1.83. The van der Waals surface area contributed by atoms with Crippen LogP contribution < -0.4 is 5.73 Å². The first-order chi connectivity index (χ1) is 9.80. The van der Waals surface area contributed by atoms with Gasteiger partial charge in [-0.05, 0) is 38.5 Å². The molecule has 0 spiro atoms. The second-order valence-electron chi connectivity index (χ2n) is 8.11. The molecule has 4 nitrogen and oxygen atoms in total. The minimum atomic E-state index is -0.743. The number of rotatable bonds is 1. The average Bonchev–Trinajstić information content (AvgIpc) is 2.45. The van der Waals surface area contributed by atoms with E-state index in [1.54, 1.807) is 0 Å². The van der Waals surface area contributed by atoms with Gasteiger partial charge in [-0.3, -0.25) is 4.79 Å². The summed E-state index contributed by atoms with van der Waals surface area (Å²) < 4.78 is 5.92. The van der Waals surface area contributed by atoms with Crippen molar-refractivity contribution in [3.63, 3.8) is 0 Å². The third-order valence-electron chi connectivity index (χ3n) is 6.44. The molecule has 2 saturated heterocycles. The molecule has 3 aliphatic rings. The zero-order valence-electron chi connectivity index (χ0n) is 13.9. The summed E-state index contributed by atoms with van der Waals surface area (Å²) in [5.41, 5.74) is 5.73. The van der Waals surface area contributed by atoms with E-state index >= 15 is 0 Å². The molecule has 2 N–H and O–H groups in total. The second-order valence-corrected chi connectivity index (χ2v) is 8.11. The molecular formula is C17H30N2O2. The summed E-state index contributed by atoms with van der Waals surface area (Å²) in [6.07, 6.45) is 4.38. The predicted molar refractivity (Wildman–Crippen MR) is 82.7 cm³/mol. The van der Waals surface area contributed by atoms with Crippen LogP contribution in [0.2, 0.25) is 0 Å². The second kappa shape index (κ2) is 4.95. The van der Waals surface area contributed by atoms with Crippen molar-refractivity contribution in [1.82, 2.24) is 4.90 Å². The lowest BCUT2D eigenvalue weighted by atomic mass is 9.46. The molecule has 0 radical (unpaired) electrons. The Kier molecular flexibility index (Phi) is 3.61. The fraction of sp³-hybridized carbons (Fsp3) is 0.941. The Morgan fingerprint density at radius 2 is 2.00 bits per heavy atom. The van der Waals surface area contributed by atoms with Crippen LogP contribution in [0.15, 0.2) is 0 Å². The van der Waals surface area contributed by atoms with Crippen LogP contribution in [-0.2, 0) is 9.53 Å². The summed E-state index contributed by atoms with van der Waals surface area (Å²) in [5.74, 6) is 1.07. The van der Waals surface area contributed by atoms with Gasteiger partial charge in [0, 0.05) is 30.5 Å². The van der Waals surface area contributed by atoms with Crippen molar-refractivity contribution in [2.24, 2.45) is 23.0 Å². The van der Waals surface area contributed by atoms with Crippen molar-refractivity contribution < 1.29 is 9.53 Å². The Labute approximate surface area is 128 Å². The van der Waals surface area contributed by atoms with Crippen LogP contribution in [0.4, 0.5) is 0 Å². The van der Waals surface area contributed by atoms with Gasteiger partial charge in [0.2, 0.25) is 5.91 Å². The third-order valence-corrected chi connectivity index (χ3v) is 6.44. The fourth-order valence-electron chi connectivity index (χ4n) is 4.96. The van der Waals surface area contributed by atoms with E-state index in [-0.39, 0.29) is 23.3 Å². The fourth-order valence-corrected chi connectivity index (χ4v) is 4.96. The number of ether oxygens (including phenoxy) is 1. The highest BCUT2D eigenvalue weighted by Gasteiger charge is 2.71. The molecule has 0 aromatic rings. The molecule has 0 aromatic carbocycles. The van der Waals surface area contributed by atoms with E-state index in [9.17, 15) is 4.79 Å². The number of nitrogens with two attached hydrogens (primary N) is 1. The third kappa shape index (κ3) is 1.98. The van der Waals surface area contributed by atoms with Crippen LogP contribution >= 0.6 is 0 Å². The van der Waals surface area contributed by atoms with Gasteiger partial charge in [0.05, 0.1) is 6.10 Å². The molecule has 2 aliphatic heterocycles. The highest BCUT2D eigenvalue weighted by Crippen LogP contribution is 2.58. The van der Waals surface area contributed by atoms with E-state index in [0.717, 1.165) is 38.8 Å². The van der Waals surface area contributed by atoms with Crippen molar-refractivity contribution >= 4 is 5.91 Å². The normalized spacial score (nSPS) is 45.7. The Hall–Kier alpha value is -0.610. The number of fused-ring (bicyclic) bond motifs is 1. The van der Waals surface area contributed by atoms with Gasteiger partial charge in [-0.15, -0.1) is 0 Å². The average molecular weight is 294 g/mol. The Morgan fingerprint density at radius 1 is 1.29 bits per heavy atom. The lowest BCUT2D eigenvalue weighted by molar-refractivity contribution is -0.231. The highest BCUT2D eigenvalue weighted by atomic mass is 16.5. The maximum absolute atomic E-state index is 13.2. The first-order valence-electron chi connectivity index (χ1n) is 8.51. The van der Waals surface area contributed by atoms with E-state index in [0.29, 0.717) is 12.0 Å². The smallest absolute Gasteiger partial charge is 0.243 e. The van der Waals surface area contributed by atoms with Crippen molar-refractivity contribution in [2.45, 2.75) is 71.1 Å². The number of hydrogen-bond acceptors (Lipinski definition) is 3. The summed E-state index contributed by atoms with van der Waals surface area (Å²) in [7, 11) is 0. The maximum atomic E-state index is 13.2. The molecule has 3 rings (SSSR count). The van der Waals surface area contributed by atoms with Gasteiger partial charge in [0.1, 0.15) is 5.54 Å². The Morgan fingerprint density at radius 3 is 2.67 bits per heavy atom. The van der Waals surface area contributed by atoms with E-state index in [1.807, 2.05) is 4.90 Å². The summed E-state index contributed by atoms with van der Waals surface area (Å²) in [6.45, 7) is 10.3. The SMILES string of the molecule is CC1CCN(C(=O)C2(N)C3CCCOC3C2(C)C)C(C)C1. The van der Waals surface area contributed by atoms with Gasteiger partial charge in [0.15, 0.2) is 0 Å². The predicted octanol–water partition coefficient (Wildman–Crippen LogP) is 2.17. The number of carbonyl (C=O) groups excluding carboxylic acids is 1. The van der Waals surface area contributed by atoms with Gasteiger partial charge >= 0.3 is 0 Å². The number of piperidine rings is 1. The Bertz CT molecular complexity index is 437. The first-order valence-corrected chi connectivity index (χ1v) is 8.51. The number of nitrogens with zero attached hydrogens (tertiary/aromatic N) is 1. The molecule has 21 heavy (non-hydrogen) atoms. The zero-order valence-corrected chi connectivity index (χ0v) is 13.9. The summed E-state index contributed by atoms with van der Waals surface area (Å²) in [6, 6.07) is 0.307. The van der Waals surface area contributed by atoms with Crippen LogP contribution in [0.5, 0.6) is 0 Å². The molecule has 5 unspecified atom stereocenters. The van der Waals surface area contributed by atoms with Crippen LogP contribution in [0.3, 0.4) is 0 Å². The minimum Gasteiger partial charge on any atom is -0.377 e. The lowest BCUT2D eigenvalue weighted by Gasteiger charge is -2.66. The lowest BCUT2D eigenvalue weighted by Crippen LogP contribution is -2.83. The number of likely N-dealkylation sites (tertiary alicyclic amines) is 1. The molecule has 1 saturated carbocycles. The molecule has 0 bridgehead atoms. The van der Waals surface area contributed by atoms with Crippen LogP contribution in [0, 0.1) is 17.3 Å². The van der Waals surface area contributed by atoms with Crippen LogP contribution in [-0.4, -0.2) is 41.6 Å². The number of hydrogen-bond donors (Lipinski definition) is 1. The molecule has 120 valence electrons. The summed E-state index contributed by atoms with van der Waals surface area (Å²) >= 11 is 0. The quantitative estimate of drug-likeness (QED) is 0.806. The van der Waals surface area contributed by atoms with Crippen molar-refractivity contribution in [1.29, 1.82) is 0 Å². The molecule has 5 atom stereocenters. The highest BCUT2D eigenvalue weighted by molar-refractivity contribution is 5.90. The number of carbonyl (C=O) groups is 1. The van der Waals surface area contributed by atoms with E-state index in [1.165, 1.54) is 0 Å². The van der Waals surface area contributed by atoms with Gasteiger partial charge in [-0.2, -0.15) is 0 Å². The van der Waals surface area contributed by atoms with Crippen molar-refractivity contribution in [2.75, 3.05) is 13.2 Å². The molecule has 0 aromatic heterocycles. The largest absolute Gasteiger partial charge is 0.377 e. The first kappa shape index (κ1) is 15.3.